The number of hydrogen-bond donors (Lipinski definition) is 0. The van der Waals surface area contributed by atoms with Crippen LogP contribution in [0.25, 0.3) is 165 Å². The molecule has 0 atom stereocenters. The van der Waals surface area contributed by atoms with E-state index in [4.69, 9.17) is 0 Å². The molecule has 0 radical (unpaired) electrons. The van der Waals surface area contributed by atoms with Gasteiger partial charge in [-0.1, -0.05) is 472 Å². The maximum Gasteiger partial charge on any atom is 0.0546 e. The quantitative estimate of drug-likeness (QED) is 0.0947. The zero-order chi connectivity index (χ0) is 96.7. The Morgan fingerprint density at radius 3 is 0.757 bits per heavy atom. The van der Waals surface area contributed by atoms with Crippen molar-refractivity contribution < 1.29 is 0 Å². The van der Waals surface area contributed by atoms with Gasteiger partial charge in [0.15, 0.2) is 0 Å². The Balaban J connectivity index is 0.000000113. The van der Waals surface area contributed by atoms with Gasteiger partial charge in [-0.25, -0.2) is 0 Å². The van der Waals surface area contributed by atoms with E-state index >= 15 is 0 Å². The highest BCUT2D eigenvalue weighted by Crippen LogP contribution is 2.57. The topological polar surface area (TPSA) is 9.72 Å². The van der Waals surface area contributed by atoms with Gasteiger partial charge in [-0.15, -0.1) is 0 Å². The molecular formula is C141H105N3. The molecule has 3 nitrogen and oxygen atoms in total. The maximum absolute atomic E-state index is 2.46. The van der Waals surface area contributed by atoms with Gasteiger partial charge in [-0.2, -0.15) is 0 Å². The Bertz CT molecular complexity index is 8840. The lowest BCUT2D eigenvalue weighted by Crippen LogP contribution is -2.15. The summed E-state index contributed by atoms with van der Waals surface area (Å²) in [6.45, 7) is 14.1. The molecule has 0 spiro atoms. The predicted octanol–water partition coefficient (Wildman–Crippen LogP) is 39.3. The number of benzene rings is 24. The van der Waals surface area contributed by atoms with Crippen molar-refractivity contribution in [2.75, 3.05) is 14.7 Å². The molecule has 3 aliphatic rings. The van der Waals surface area contributed by atoms with Gasteiger partial charge in [-0.05, 0) is 279 Å². The monoisotopic (exact) mass is 1840 g/mol. The van der Waals surface area contributed by atoms with Crippen molar-refractivity contribution >= 4 is 116 Å². The average Bonchev–Trinajstić information content (AvgIpc) is 1.47. The average molecular weight is 1840 g/mol. The summed E-state index contributed by atoms with van der Waals surface area (Å²) in [5.41, 5.74) is 41.1. The Hall–Kier alpha value is -17.8. The van der Waals surface area contributed by atoms with Crippen molar-refractivity contribution in [1.82, 2.24) is 0 Å². The lowest BCUT2D eigenvalue weighted by atomic mass is 9.82. The van der Waals surface area contributed by atoms with Crippen LogP contribution in [-0.2, 0) is 16.2 Å². The largest absolute Gasteiger partial charge is 0.310 e. The molecule has 0 heterocycles. The SMILES string of the molecule is CC1(C)c2ccccc2-c2cc(N(c3ccc(-c4ccc(-c5ccccc5)cc4)cc3)c3cc4ccccc4c4ccccc34)ccc21.CC1(C)c2ccccc2-c2cc(N(c3ccc(-c4ccccc4)cc3)c3cc4cccc(-c5ccccc5)c4c4ccccc34)ccc21.CC1(C)c2ccccc2-c2cc(N(c3ccc(-c4ccccc4)cc3)c3cc4ccccc4c4cc(-c5ccccc5)ccc34)ccc21. The van der Waals surface area contributed by atoms with Gasteiger partial charge in [0.1, 0.15) is 0 Å². The second-order valence-electron chi connectivity index (χ2n) is 40.1. The van der Waals surface area contributed by atoms with Crippen molar-refractivity contribution in [3.63, 3.8) is 0 Å². The number of hydrogen-bond acceptors (Lipinski definition) is 3. The zero-order valence-electron chi connectivity index (χ0n) is 81.6. The Labute approximate surface area is 843 Å². The Morgan fingerprint density at radius 1 is 0.132 bits per heavy atom. The number of fused-ring (bicyclic) bond motifs is 18. The minimum atomic E-state index is -0.0455. The van der Waals surface area contributed by atoms with Crippen LogP contribution >= 0.6 is 0 Å². The van der Waals surface area contributed by atoms with E-state index in [9.17, 15) is 0 Å². The van der Waals surface area contributed by atoms with Crippen LogP contribution in [0.5, 0.6) is 0 Å². The first kappa shape index (κ1) is 87.7. The minimum absolute atomic E-state index is 0.0390. The lowest BCUT2D eigenvalue weighted by Gasteiger charge is -2.29. The van der Waals surface area contributed by atoms with Crippen molar-refractivity contribution in [1.29, 1.82) is 0 Å². The normalized spacial score (nSPS) is 13.0. The van der Waals surface area contributed by atoms with E-state index in [1.54, 1.807) is 0 Å². The van der Waals surface area contributed by atoms with E-state index in [0.717, 1.165) is 34.1 Å². The molecule has 0 aliphatic heterocycles. The molecule has 684 valence electrons. The summed E-state index contributed by atoms with van der Waals surface area (Å²) < 4.78 is 0. The molecule has 3 heteroatoms. The fraction of sp³-hybridized carbons (Fsp3) is 0.0638. The van der Waals surface area contributed by atoms with Crippen LogP contribution in [0.15, 0.2) is 528 Å². The molecule has 0 N–H and O–H groups in total. The summed E-state index contributed by atoms with van der Waals surface area (Å²) in [4.78, 5) is 7.37. The second-order valence-corrected chi connectivity index (χ2v) is 40.1. The van der Waals surface area contributed by atoms with Crippen LogP contribution in [-0.4, -0.2) is 0 Å². The molecule has 0 bridgehead atoms. The zero-order valence-corrected chi connectivity index (χ0v) is 81.6. The summed E-state index contributed by atoms with van der Waals surface area (Å²) in [5, 5.41) is 15.0. The summed E-state index contributed by atoms with van der Waals surface area (Å²) >= 11 is 0. The fourth-order valence-corrected chi connectivity index (χ4v) is 23.5. The maximum atomic E-state index is 2.46. The van der Waals surface area contributed by atoms with Crippen molar-refractivity contribution in [3.05, 3.63) is 561 Å². The number of anilines is 9. The van der Waals surface area contributed by atoms with Gasteiger partial charge in [0.2, 0.25) is 0 Å². The summed E-state index contributed by atoms with van der Waals surface area (Å²) in [6, 6.07) is 193. The smallest absolute Gasteiger partial charge is 0.0546 e. The highest BCUT2D eigenvalue weighted by Gasteiger charge is 2.40. The summed E-state index contributed by atoms with van der Waals surface area (Å²) in [6.07, 6.45) is 0. The van der Waals surface area contributed by atoms with Gasteiger partial charge < -0.3 is 14.7 Å². The first-order valence-electron chi connectivity index (χ1n) is 50.3. The van der Waals surface area contributed by atoms with Crippen molar-refractivity contribution in [2.24, 2.45) is 0 Å². The third kappa shape index (κ3) is 15.5. The van der Waals surface area contributed by atoms with Crippen LogP contribution < -0.4 is 14.7 Å². The second kappa shape index (κ2) is 36.2. The Morgan fingerprint density at radius 2 is 0.375 bits per heavy atom. The lowest BCUT2D eigenvalue weighted by molar-refractivity contribution is 0.660. The van der Waals surface area contributed by atoms with Crippen LogP contribution in [0.2, 0.25) is 0 Å². The van der Waals surface area contributed by atoms with Crippen molar-refractivity contribution in [3.8, 4) is 100 Å². The van der Waals surface area contributed by atoms with Crippen LogP contribution in [0.1, 0.15) is 74.9 Å². The highest BCUT2D eigenvalue weighted by molar-refractivity contribution is 6.21. The molecule has 144 heavy (non-hydrogen) atoms. The van der Waals surface area contributed by atoms with Crippen LogP contribution in [0.3, 0.4) is 0 Å². The minimum Gasteiger partial charge on any atom is -0.310 e. The molecule has 24 aromatic carbocycles. The number of nitrogens with zero attached hydrogens (tertiary/aromatic N) is 3. The fourth-order valence-electron chi connectivity index (χ4n) is 23.5. The van der Waals surface area contributed by atoms with E-state index in [1.807, 2.05) is 0 Å². The molecule has 0 amide bonds. The van der Waals surface area contributed by atoms with E-state index in [-0.39, 0.29) is 16.2 Å². The standard InChI is InChI=1S/3C47H35N/c1-47(2)43-23-12-11-19-39(43)42-31-37(28-29-44(42)47)48(36-26-24-33(25-27-36)32-14-5-3-6-15-32)45-30-35-18-13-22-38(34-16-7-4-8-17-34)46(35)41-21-10-9-20-40(41)45;1-47(2)44-20-12-11-19-40(44)43-31-38(26-28-45(43)47)48(37-24-21-34(22-25-37)32-13-5-3-6-14-32)46-30-36-17-9-10-18-39(36)42-29-35(23-27-41(42)46)33-15-7-4-8-16-33;1-47(2)44-19-11-10-17-41(44)43-31-38(28-29-45(43)47)48(46-30-36-14-6-7-15-39(36)40-16-8-9-18-42(40)46)37-26-24-35(25-27-37)34-22-20-33(21-23-34)32-12-4-3-5-13-32/h3*3-31H,1-2H3. The first-order valence-corrected chi connectivity index (χ1v) is 50.3. The van der Waals surface area contributed by atoms with E-state index in [0.29, 0.717) is 0 Å². The molecule has 0 aromatic heterocycles. The molecule has 0 unspecified atom stereocenters. The Kier molecular flexibility index (Phi) is 22.0. The van der Waals surface area contributed by atoms with E-state index in [1.165, 1.54) is 215 Å². The third-order valence-corrected chi connectivity index (χ3v) is 30.8. The molecule has 27 rings (SSSR count). The van der Waals surface area contributed by atoms with Crippen molar-refractivity contribution in [2.45, 2.75) is 57.8 Å². The van der Waals surface area contributed by atoms with Gasteiger partial charge in [-0.3, -0.25) is 0 Å². The van der Waals surface area contributed by atoms with E-state index < -0.39 is 0 Å². The molecule has 24 aromatic rings. The van der Waals surface area contributed by atoms with E-state index in [2.05, 4.69) is 584 Å². The highest BCUT2D eigenvalue weighted by atomic mass is 15.2. The third-order valence-electron chi connectivity index (χ3n) is 30.8. The van der Waals surface area contributed by atoms with Crippen LogP contribution in [0.4, 0.5) is 51.2 Å². The molecule has 3 aliphatic carbocycles. The summed E-state index contributed by atoms with van der Waals surface area (Å²) in [5.74, 6) is 0. The van der Waals surface area contributed by atoms with Gasteiger partial charge in [0.05, 0.1) is 17.1 Å². The predicted molar refractivity (Wildman–Crippen MR) is 614 cm³/mol. The van der Waals surface area contributed by atoms with Gasteiger partial charge in [0.25, 0.3) is 0 Å². The van der Waals surface area contributed by atoms with Gasteiger partial charge in [0, 0.05) is 66.5 Å². The molecule has 0 saturated heterocycles. The molecule has 0 saturated carbocycles. The number of rotatable bonds is 15. The van der Waals surface area contributed by atoms with Crippen LogP contribution in [0, 0.1) is 0 Å². The van der Waals surface area contributed by atoms with Gasteiger partial charge >= 0.3 is 0 Å². The molecule has 0 fully saturated rings. The first-order chi connectivity index (χ1) is 70.7. The molecular weight excluding hydrogens is 1740 g/mol. The summed E-state index contributed by atoms with van der Waals surface area (Å²) in [7, 11) is 0.